The topological polar surface area (TPSA) is 46.9 Å². The summed E-state index contributed by atoms with van der Waals surface area (Å²) in [5, 5.41) is 2.95. The molecule has 3 aromatic rings. The van der Waals surface area contributed by atoms with E-state index in [9.17, 15) is 4.79 Å². The van der Waals surface area contributed by atoms with Crippen molar-refractivity contribution >= 4 is 16.9 Å². The molecule has 0 saturated carbocycles. The fraction of sp³-hybridized carbons (Fsp3) is 0.158. The number of imidazole rings is 1. The number of nitrogens with zero attached hydrogens (tertiary/aromatic N) is 2. The number of carbonyl (C=O) groups excluding carboxylic acids is 1. The molecule has 0 fully saturated rings. The Balaban J connectivity index is 1.82. The number of hydrogen-bond donors (Lipinski definition) is 1. The SMILES string of the molecule is C=CCn1c(CNC(=O)c2cccc(C)c2)nc2ccccc21. The van der Waals surface area contributed by atoms with Crippen molar-refractivity contribution in [3.63, 3.8) is 0 Å². The molecule has 2 aromatic carbocycles. The van der Waals surface area contributed by atoms with E-state index in [2.05, 4.69) is 21.4 Å². The molecule has 116 valence electrons. The number of benzene rings is 2. The molecule has 4 heteroatoms. The zero-order valence-electron chi connectivity index (χ0n) is 13.1. The molecule has 0 saturated heterocycles. The van der Waals surface area contributed by atoms with E-state index in [4.69, 9.17) is 0 Å². The number of carbonyl (C=O) groups is 1. The molecule has 1 heterocycles. The van der Waals surface area contributed by atoms with Crippen LogP contribution >= 0.6 is 0 Å². The third-order valence-electron chi connectivity index (χ3n) is 3.73. The predicted molar refractivity (Wildman–Crippen MR) is 92.3 cm³/mol. The maximum atomic E-state index is 12.3. The van der Waals surface area contributed by atoms with Crippen LogP contribution in [0.5, 0.6) is 0 Å². The van der Waals surface area contributed by atoms with E-state index in [1.807, 2.05) is 61.5 Å². The average Bonchev–Trinajstić information content (AvgIpc) is 2.91. The number of rotatable bonds is 5. The second kappa shape index (κ2) is 6.48. The number of fused-ring (bicyclic) bond motifs is 1. The van der Waals surface area contributed by atoms with Gasteiger partial charge in [0.05, 0.1) is 17.6 Å². The van der Waals surface area contributed by atoms with Gasteiger partial charge in [0.1, 0.15) is 5.82 Å². The highest BCUT2D eigenvalue weighted by Crippen LogP contribution is 2.16. The van der Waals surface area contributed by atoms with Crippen LogP contribution in [-0.4, -0.2) is 15.5 Å². The van der Waals surface area contributed by atoms with Crippen molar-refractivity contribution in [2.24, 2.45) is 0 Å². The lowest BCUT2D eigenvalue weighted by molar-refractivity contribution is 0.0949. The van der Waals surface area contributed by atoms with Crippen molar-refractivity contribution in [3.8, 4) is 0 Å². The Morgan fingerprint density at radius 1 is 1.26 bits per heavy atom. The summed E-state index contributed by atoms with van der Waals surface area (Å²) in [5.41, 5.74) is 3.70. The van der Waals surface area contributed by atoms with Gasteiger partial charge >= 0.3 is 0 Å². The number of hydrogen-bond acceptors (Lipinski definition) is 2. The molecule has 0 unspecified atom stereocenters. The van der Waals surface area contributed by atoms with Crippen molar-refractivity contribution < 1.29 is 4.79 Å². The summed E-state index contributed by atoms with van der Waals surface area (Å²) in [5.74, 6) is 0.734. The van der Waals surface area contributed by atoms with Gasteiger partial charge in [-0.15, -0.1) is 6.58 Å². The molecule has 23 heavy (non-hydrogen) atoms. The van der Waals surface area contributed by atoms with Gasteiger partial charge in [-0.25, -0.2) is 4.98 Å². The van der Waals surface area contributed by atoms with E-state index in [1.165, 1.54) is 0 Å². The Kier molecular flexibility index (Phi) is 4.24. The summed E-state index contributed by atoms with van der Waals surface area (Å²) >= 11 is 0. The number of amides is 1. The maximum Gasteiger partial charge on any atom is 0.251 e. The van der Waals surface area contributed by atoms with Gasteiger partial charge < -0.3 is 9.88 Å². The van der Waals surface area contributed by atoms with Crippen LogP contribution in [0.15, 0.2) is 61.2 Å². The van der Waals surface area contributed by atoms with Gasteiger partial charge in [0.15, 0.2) is 0 Å². The highest BCUT2D eigenvalue weighted by molar-refractivity contribution is 5.94. The van der Waals surface area contributed by atoms with E-state index >= 15 is 0 Å². The third kappa shape index (κ3) is 3.16. The first-order valence-corrected chi connectivity index (χ1v) is 7.59. The normalized spacial score (nSPS) is 10.7. The second-order valence-electron chi connectivity index (χ2n) is 5.47. The van der Waals surface area contributed by atoms with Gasteiger partial charge in [0.2, 0.25) is 0 Å². The summed E-state index contributed by atoms with van der Waals surface area (Å²) < 4.78 is 2.07. The lowest BCUT2D eigenvalue weighted by Crippen LogP contribution is -2.24. The van der Waals surface area contributed by atoms with E-state index in [-0.39, 0.29) is 5.91 Å². The highest BCUT2D eigenvalue weighted by atomic mass is 16.1. The molecule has 0 atom stereocenters. The summed E-state index contributed by atoms with van der Waals surface area (Å²) in [7, 11) is 0. The molecule has 1 aromatic heterocycles. The van der Waals surface area contributed by atoms with E-state index < -0.39 is 0 Å². The van der Waals surface area contributed by atoms with Crippen molar-refractivity contribution in [1.82, 2.24) is 14.9 Å². The monoisotopic (exact) mass is 305 g/mol. The Morgan fingerprint density at radius 3 is 2.87 bits per heavy atom. The summed E-state index contributed by atoms with van der Waals surface area (Å²) in [4.78, 5) is 16.9. The Bertz CT molecular complexity index is 864. The third-order valence-corrected chi connectivity index (χ3v) is 3.73. The van der Waals surface area contributed by atoms with Gasteiger partial charge in [-0.3, -0.25) is 4.79 Å². The van der Waals surface area contributed by atoms with Crippen LogP contribution in [0.25, 0.3) is 11.0 Å². The number of aromatic nitrogens is 2. The molecule has 1 amide bonds. The summed E-state index contributed by atoms with van der Waals surface area (Å²) in [6, 6.07) is 15.5. The first kappa shape index (κ1) is 15.0. The van der Waals surface area contributed by atoms with Crippen LogP contribution in [0.1, 0.15) is 21.7 Å². The fourth-order valence-corrected chi connectivity index (χ4v) is 2.64. The van der Waals surface area contributed by atoms with Crippen LogP contribution < -0.4 is 5.32 Å². The molecule has 0 aliphatic carbocycles. The Labute approximate surface area is 135 Å². The summed E-state index contributed by atoms with van der Waals surface area (Å²) in [6.45, 7) is 6.82. The second-order valence-corrected chi connectivity index (χ2v) is 5.47. The smallest absolute Gasteiger partial charge is 0.251 e. The van der Waals surface area contributed by atoms with Crippen molar-refractivity contribution in [1.29, 1.82) is 0 Å². The first-order valence-electron chi connectivity index (χ1n) is 7.59. The maximum absolute atomic E-state index is 12.3. The Morgan fingerprint density at radius 2 is 2.09 bits per heavy atom. The quantitative estimate of drug-likeness (QED) is 0.734. The lowest BCUT2D eigenvalue weighted by Gasteiger charge is -2.08. The number of aryl methyl sites for hydroxylation is 1. The fourth-order valence-electron chi connectivity index (χ4n) is 2.64. The molecule has 4 nitrogen and oxygen atoms in total. The van der Waals surface area contributed by atoms with Crippen molar-refractivity contribution in [3.05, 3.63) is 78.1 Å². The van der Waals surface area contributed by atoms with Crippen molar-refractivity contribution in [2.45, 2.75) is 20.0 Å². The van der Waals surface area contributed by atoms with E-state index in [0.717, 1.165) is 22.4 Å². The van der Waals surface area contributed by atoms with Crippen molar-refractivity contribution in [2.75, 3.05) is 0 Å². The van der Waals surface area contributed by atoms with Crippen LogP contribution in [0, 0.1) is 6.92 Å². The predicted octanol–water partition coefficient (Wildman–Crippen LogP) is 3.46. The number of para-hydroxylation sites is 2. The first-order chi connectivity index (χ1) is 11.2. The van der Waals surface area contributed by atoms with Crippen LogP contribution in [0.2, 0.25) is 0 Å². The van der Waals surface area contributed by atoms with Gasteiger partial charge in [-0.1, -0.05) is 35.9 Å². The molecular formula is C19H19N3O. The molecule has 0 bridgehead atoms. The van der Waals surface area contributed by atoms with Gasteiger partial charge in [0, 0.05) is 12.1 Å². The lowest BCUT2D eigenvalue weighted by atomic mass is 10.1. The minimum Gasteiger partial charge on any atom is -0.345 e. The molecule has 0 aliphatic heterocycles. The minimum atomic E-state index is -0.0918. The van der Waals surface area contributed by atoms with Crippen LogP contribution in [-0.2, 0) is 13.1 Å². The van der Waals surface area contributed by atoms with Gasteiger partial charge in [-0.2, -0.15) is 0 Å². The number of nitrogens with one attached hydrogen (secondary N) is 1. The molecular weight excluding hydrogens is 286 g/mol. The molecule has 1 N–H and O–H groups in total. The minimum absolute atomic E-state index is 0.0918. The zero-order chi connectivity index (χ0) is 16.2. The average molecular weight is 305 g/mol. The summed E-state index contributed by atoms with van der Waals surface area (Å²) in [6.07, 6.45) is 1.83. The molecule has 0 radical (unpaired) electrons. The van der Waals surface area contributed by atoms with Gasteiger partial charge in [0.25, 0.3) is 5.91 Å². The zero-order valence-corrected chi connectivity index (χ0v) is 13.1. The molecule has 3 rings (SSSR count). The van der Waals surface area contributed by atoms with Crippen LogP contribution in [0.3, 0.4) is 0 Å². The highest BCUT2D eigenvalue weighted by Gasteiger charge is 2.11. The van der Waals surface area contributed by atoms with Gasteiger partial charge in [-0.05, 0) is 31.2 Å². The molecule has 0 spiro atoms. The molecule has 0 aliphatic rings. The van der Waals surface area contributed by atoms with Crippen LogP contribution in [0.4, 0.5) is 0 Å². The Hall–Kier alpha value is -2.88. The largest absolute Gasteiger partial charge is 0.345 e. The standard InChI is InChI=1S/C19H19N3O/c1-3-11-22-17-10-5-4-9-16(17)21-18(22)13-20-19(23)15-8-6-7-14(2)12-15/h3-10,12H,1,11,13H2,2H3,(H,20,23). The van der Waals surface area contributed by atoms with E-state index in [1.54, 1.807) is 0 Å². The number of allylic oxidation sites excluding steroid dienone is 1. The van der Waals surface area contributed by atoms with E-state index in [0.29, 0.717) is 18.7 Å².